The second-order valence-electron chi connectivity index (χ2n) is 7.55. The number of amides is 1. The van der Waals surface area contributed by atoms with Crippen molar-refractivity contribution in [2.45, 2.75) is 24.6 Å². The molecule has 0 bridgehead atoms. The van der Waals surface area contributed by atoms with Crippen molar-refractivity contribution in [2.24, 2.45) is 0 Å². The molecular formula is C21H20F3N5O3. The largest absolute Gasteiger partial charge is 0.390 e. The Balaban J connectivity index is 1.55. The summed E-state index contributed by atoms with van der Waals surface area (Å²) in [5.74, 6) is -0.280. The van der Waals surface area contributed by atoms with Gasteiger partial charge in [-0.1, -0.05) is 23.4 Å². The maximum absolute atomic E-state index is 12.3. The zero-order valence-corrected chi connectivity index (χ0v) is 17.1. The van der Waals surface area contributed by atoms with Gasteiger partial charge in [0.15, 0.2) is 5.76 Å². The molecule has 0 saturated carbocycles. The van der Waals surface area contributed by atoms with Crippen LogP contribution >= 0.6 is 0 Å². The average Bonchev–Trinajstić information content (AvgIpc) is 3.36. The zero-order valence-electron chi connectivity index (χ0n) is 17.1. The summed E-state index contributed by atoms with van der Waals surface area (Å²) in [6.45, 7) is 0.0828. The van der Waals surface area contributed by atoms with Gasteiger partial charge in [0.1, 0.15) is 5.69 Å². The van der Waals surface area contributed by atoms with E-state index < -0.39 is 24.1 Å². The number of benzene rings is 1. The molecule has 3 aromatic rings. The number of hydrogen-bond donors (Lipinski definition) is 2. The van der Waals surface area contributed by atoms with E-state index >= 15 is 0 Å². The molecule has 2 N–H and O–H groups in total. The number of nitrogens with zero attached hydrogens (tertiary/aromatic N) is 4. The molecule has 2 aromatic heterocycles. The minimum atomic E-state index is -4.26. The smallest absolute Gasteiger partial charge is 0.373 e. The van der Waals surface area contributed by atoms with E-state index in [9.17, 15) is 23.1 Å². The number of anilines is 1. The monoisotopic (exact) mass is 447 g/mol. The number of aromatic nitrogens is 3. The number of likely N-dealkylation sites (N-methyl/N-ethyl adjacent to an activating group) is 1. The summed E-state index contributed by atoms with van der Waals surface area (Å²) in [5, 5.41) is 17.3. The van der Waals surface area contributed by atoms with Crippen molar-refractivity contribution in [1.29, 1.82) is 0 Å². The van der Waals surface area contributed by atoms with Crippen LogP contribution in [0.4, 0.5) is 19.1 Å². The first-order chi connectivity index (χ1) is 15.2. The predicted molar refractivity (Wildman–Crippen MR) is 108 cm³/mol. The minimum Gasteiger partial charge on any atom is -0.373 e. The molecule has 11 heteroatoms. The fourth-order valence-electron chi connectivity index (χ4n) is 3.45. The Morgan fingerprint density at radius 2 is 1.97 bits per heavy atom. The van der Waals surface area contributed by atoms with E-state index in [1.807, 2.05) is 0 Å². The fraction of sp³-hybridized carbons (Fsp3) is 0.333. The van der Waals surface area contributed by atoms with E-state index in [-0.39, 0.29) is 24.7 Å². The van der Waals surface area contributed by atoms with Crippen molar-refractivity contribution in [3.63, 3.8) is 0 Å². The van der Waals surface area contributed by atoms with E-state index in [0.29, 0.717) is 29.1 Å². The molecule has 0 spiro atoms. The normalized spacial score (nSPS) is 18.9. The number of halogens is 3. The van der Waals surface area contributed by atoms with Crippen LogP contribution in [0, 0.1) is 0 Å². The van der Waals surface area contributed by atoms with Gasteiger partial charge >= 0.3 is 6.18 Å². The molecule has 4 rings (SSSR count). The number of aliphatic hydroxyl groups is 1. The Labute approximate surface area is 181 Å². The van der Waals surface area contributed by atoms with Crippen LogP contribution in [0.25, 0.3) is 22.5 Å². The number of alkyl halides is 3. The third kappa shape index (κ3) is 4.42. The molecule has 1 aliphatic heterocycles. The predicted octanol–water partition coefficient (Wildman–Crippen LogP) is 3.21. The van der Waals surface area contributed by atoms with Crippen molar-refractivity contribution >= 4 is 11.9 Å². The second kappa shape index (κ2) is 8.23. The van der Waals surface area contributed by atoms with Crippen LogP contribution in [0.1, 0.15) is 18.6 Å². The van der Waals surface area contributed by atoms with Crippen molar-refractivity contribution in [3.8, 4) is 22.5 Å². The zero-order chi connectivity index (χ0) is 22.9. The summed E-state index contributed by atoms with van der Waals surface area (Å²) in [7, 11) is 1.61. The number of likely N-dealkylation sites (tertiary alicyclic amines) is 1. The molecule has 0 aliphatic carbocycles. The summed E-state index contributed by atoms with van der Waals surface area (Å²) < 4.78 is 42.3. The van der Waals surface area contributed by atoms with Crippen molar-refractivity contribution in [1.82, 2.24) is 20.0 Å². The summed E-state index contributed by atoms with van der Waals surface area (Å²) in [5.41, 5.74) is 0.539. The Hall–Kier alpha value is -3.47. The molecule has 3 heterocycles. The lowest BCUT2D eigenvalue weighted by Crippen LogP contribution is -2.35. The van der Waals surface area contributed by atoms with Crippen LogP contribution in [-0.4, -0.2) is 57.4 Å². The lowest BCUT2D eigenvalue weighted by atomic mass is 9.98. The molecule has 0 unspecified atom stereocenters. The summed E-state index contributed by atoms with van der Waals surface area (Å²) in [4.78, 5) is 21.9. The quantitative estimate of drug-likeness (QED) is 0.598. The third-order valence-corrected chi connectivity index (χ3v) is 5.23. The van der Waals surface area contributed by atoms with E-state index in [4.69, 9.17) is 4.52 Å². The number of hydrogen-bond acceptors (Lipinski definition) is 7. The molecular weight excluding hydrogens is 427 g/mol. The maximum Gasteiger partial charge on any atom is 0.390 e. The highest BCUT2D eigenvalue weighted by molar-refractivity contribution is 5.87. The Kier molecular flexibility index (Phi) is 5.59. The van der Waals surface area contributed by atoms with Crippen LogP contribution in [-0.2, 0) is 10.4 Å². The van der Waals surface area contributed by atoms with Gasteiger partial charge in [0.25, 0.3) is 5.91 Å². The molecule has 8 nitrogen and oxygen atoms in total. The highest BCUT2D eigenvalue weighted by Gasteiger charge is 2.48. The first kappa shape index (κ1) is 21.8. The Bertz CT molecular complexity index is 1130. The van der Waals surface area contributed by atoms with Gasteiger partial charge in [-0.25, -0.2) is 9.97 Å². The van der Waals surface area contributed by atoms with Crippen LogP contribution in [0.3, 0.4) is 0 Å². The highest BCUT2D eigenvalue weighted by atomic mass is 19.4. The molecule has 1 aromatic carbocycles. The minimum absolute atomic E-state index is 0.0745. The van der Waals surface area contributed by atoms with Gasteiger partial charge in [-0.15, -0.1) is 0 Å². The fourth-order valence-corrected chi connectivity index (χ4v) is 3.45. The van der Waals surface area contributed by atoms with Gasteiger partial charge in [-0.2, -0.15) is 13.2 Å². The summed E-state index contributed by atoms with van der Waals surface area (Å²) >= 11 is 0. The van der Waals surface area contributed by atoms with Gasteiger partial charge in [0.2, 0.25) is 11.5 Å². The van der Waals surface area contributed by atoms with Gasteiger partial charge in [-0.3, -0.25) is 4.79 Å². The van der Waals surface area contributed by atoms with Crippen molar-refractivity contribution < 1.29 is 27.6 Å². The molecule has 32 heavy (non-hydrogen) atoms. The van der Waals surface area contributed by atoms with Crippen LogP contribution in [0.5, 0.6) is 0 Å². The molecule has 1 saturated heterocycles. The van der Waals surface area contributed by atoms with Crippen molar-refractivity contribution in [3.05, 3.63) is 48.4 Å². The van der Waals surface area contributed by atoms with E-state index in [1.165, 1.54) is 17.2 Å². The molecule has 1 fully saturated rings. The molecule has 168 valence electrons. The lowest BCUT2D eigenvalue weighted by Gasteiger charge is -2.16. The Morgan fingerprint density at radius 3 is 2.66 bits per heavy atom. The topological polar surface area (TPSA) is 104 Å². The highest BCUT2D eigenvalue weighted by Crippen LogP contribution is 2.35. The van der Waals surface area contributed by atoms with Gasteiger partial charge in [0.05, 0.1) is 12.1 Å². The van der Waals surface area contributed by atoms with Crippen LogP contribution < -0.4 is 5.32 Å². The van der Waals surface area contributed by atoms with Gasteiger partial charge in [-0.05, 0) is 12.1 Å². The van der Waals surface area contributed by atoms with Crippen molar-refractivity contribution in [2.75, 3.05) is 25.5 Å². The molecule has 1 amide bonds. The summed E-state index contributed by atoms with van der Waals surface area (Å²) in [6, 6.07) is 10.3. The SMILES string of the molecule is CN1CC[C@@](O)(c2cc(-c3cccc(-c4ccnc(NCCC(F)(F)F)n4)c3)no2)C1=O. The number of carbonyl (C=O) groups excluding carboxylic acids is 1. The van der Waals surface area contributed by atoms with Gasteiger partial charge < -0.3 is 19.8 Å². The first-order valence-corrected chi connectivity index (χ1v) is 9.85. The van der Waals surface area contributed by atoms with E-state index in [0.717, 1.165) is 0 Å². The van der Waals surface area contributed by atoms with E-state index in [1.54, 1.807) is 37.4 Å². The number of nitrogens with one attached hydrogen (secondary N) is 1. The third-order valence-electron chi connectivity index (χ3n) is 5.23. The standard InChI is InChI=1S/C21H20F3N5O3/c1-29-10-7-20(31,18(29)30)17-12-16(28-32-17)14-4-2-3-13(11-14)15-5-8-25-19(27-15)26-9-6-21(22,23)24/h2-5,8,11-12,31H,6-7,9-10H2,1H3,(H,25,26,27)/t20-/m1/s1. The lowest BCUT2D eigenvalue weighted by molar-refractivity contribution is -0.144. The molecule has 1 atom stereocenters. The molecule has 0 radical (unpaired) electrons. The maximum atomic E-state index is 12.3. The van der Waals surface area contributed by atoms with Crippen LogP contribution in [0.2, 0.25) is 0 Å². The van der Waals surface area contributed by atoms with E-state index in [2.05, 4.69) is 20.4 Å². The molecule has 1 aliphatic rings. The number of carbonyl (C=O) groups is 1. The van der Waals surface area contributed by atoms with Crippen LogP contribution in [0.15, 0.2) is 47.1 Å². The summed E-state index contributed by atoms with van der Waals surface area (Å²) in [6.07, 6.45) is -3.59. The Morgan fingerprint density at radius 1 is 1.22 bits per heavy atom. The van der Waals surface area contributed by atoms with Gasteiger partial charge in [0, 0.05) is 49.9 Å². The second-order valence-corrected chi connectivity index (χ2v) is 7.55. The average molecular weight is 447 g/mol. The number of rotatable bonds is 6. The first-order valence-electron chi connectivity index (χ1n) is 9.85.